The predicted octanol–water partition coefficient (Wildman–Crippen LogP) is 2.39. The molecule has 0 aromatic carbocycles. The third kappa shape index (κ3) is 3.15. The topological polar surface area (TPSA) is 105 Å². The highest BCUT2D eigenvalue weighted by Gasteiger charge is 2.18. The highest BCUT2D eigenvalue weighted by molar-refractivity contribution is 5.77. The zero-order chi connectivity index (χ0) is 17.4. The molecule has 4 rings (SSSR count). The summed E-state index contributed by atoms with van der Waals surface area (Å²) in [5.74, 6) is 2.25. The van der Waals surface area contributed by atoms with Gasteiger partial charge in [0.1, 0.15) is 23.0 Å². The minimum atomic E-state index is 0.390. The molecule has 0 bridgehead atoms. The lowest BCUT2D eigenvalue weighted by Gasteiger charge is -2.23. The van der Waals surface area contributed by atoms with Crippen LogP contribution in [-0.2, 0) is 11.3 Å². The summed E-state index contributed by atoms with van der Waals surface area (Å²) in [6, 6.07) is 7.50. The lowest BCUT2D eigenvalue weighted by molar-refractivity contribution is 0.0485. The molecular weight excluding hydrogens is 316 g/mol. The molecule has 3 aromatic heterocycles. The summed E-state index contributed by atoms with van der Waals surface area (Å²) >= 11 is 0. The number of hydrogen-bond donors (Lipinski definition) is 2. The third-order valence-electron chi connectivity index (χ3n) is 4.64. The number of aryl methyl sites for hydroxylation is 1. The Kier molecular flexibility index (Phi) is 4.01. The first-order valence-corrected chi connectivity index (χ1v) is 8.55. The van der Waals surface area contributed by atoms with Crippen LogP contribution in [0.2, 0.25) is 0 Å². The van der Waals surface area contributed by atoms with Crippen LogP contribution in [0.25, 0.3) is 22.4 Å². The van der Waals surface area contributed by atoms with Crippen molar-refractivity contribution in [2.45, 2.75) is 26.3 Å². The first-order chi connectivity index (χ1) is 12.1. The molecule has 1 saturated heterocycles. The van der Waals surface area contributed by atoms with E-state index in [9.17, 15) is 0 Å². The quantitative estimate of drug-likeness (QED) is 0.760. The average molecular weight is 338 g/mol. The third-order valence-corrected chi connectivity index (χ3v) is 4.64. The van der Waals surface area contributed by atoms with Crippen molar-refractivity contribution >= 4 is 22.8 Å². The van der Waals surface area contributed by atoms with Gasteiger partial charge in [0.2, 0.25) is 0 Å². The number of hydrogen-bond acceptors (Lipinski definition) is 6. The minimum absolute atomic E-state index is 0.390. The van der Waals surface area contributed by atoms with E-state index in [2.05, 4.69) is 14.5 Å². The summed E-state index contributed by atoms with van der Waals surface area (Å²) in [6.07, 6.45) is 2.29. The summed E-state index contributed by atoms with van der Waals surface area (Å²) in [7, 11) is 0. The minimum Gasteiger partial charge on any atom is -0.384 e. The fourth-order valence-electron chi connectivity index (χ4n) is 3.43. The number of nitrogen functional groups attached to an aromatic ring is 2. The van der Waals surface area contributed by atoms with Crippen molar-refractivity contribution in [3.63, 3.8) is 0 Å². The van der Waals surface area contributed by atoms with Gasteiger partial charge in [-0.3, -0.25) is 0 Å². The standard InChI is InChI=1S/C18H22N6O/c1-11-21-15-5-4-14(13-7-16(19)23-17(20)8-13)22-18(15)24(11)9-12-3-2-6-25-10-12/h4-5,7-8,12H,2-3,6,9-10H2,1H3,(H4,19,20,23). The summed E-state index contributed by atoms with van der Waals surface area (Å²) in [5, 5.41) is 0. The van der Waals surface area contributed by atoms with E-state index in [-0.39, 0.29) is 0 Å². The van der Waals surface area contributed by atoms with Gasteiger partial charge >= 0.3 is 0 Å². The van der Waals surface area contributed by atoms with E-state index in [0.29, 0.717) is 17.6 Å². The predicted molar refractivity (Wildman–Crippen MR) is 97.9 cm³/mol. The smallest absolute Gasteiger partial charge is 0.160 e. The molecule has 1 unspecified atom stereocenters. The highest BCUT2D eigenvalue weighted by atomic mass is 16.5. The van der Waals surface area contributed by atoms with Gasteiger partial charge in [0, 0.05) is 24.6 Å². The highest BCUT2D eigenvalue weighted by Crippen LogP contribution is 2.25. The number of nitrogens with zero attached hydrogens (tertiary/aromatic N) is 4. The Morgan fingerprint density at radius 1 is 1.16 bits per heavy atom. The maximum Gasteiger partial charge on any atom is 0.160 e. The maximum atomic E-state index is 5.82. The molecule has 7 heteroatoms. The monoisotopic (exact) mass is 338 g/mol. The van der Waals surface area contributed by atoms with Crippen molar-refractivity contribution in [2.75, 3.05) is 24.7 Å². The Labute approximate surface area is 146 Å². The van der Waals surface area contributed by atoms with Crippen molar-refractivity contribution in [3.8, 4) is 11.3 Å². The molecule has 1 aliphatic heterocycles. The van der Waals surface area contributed by atoms with Gasteiger partial charge < -0.3 is 20.8 Å². The van der Waals surface area contributed by atoms with Crippen LogP contribution in [-0.4, -0.2) is 32.7 Å². The molecule has 1 fully saturated rings. The molecule has 0 spiro atoms. The van der Waals surface area contributed by atoms with Crippen LogP contribution in [0, 0.1) is 12.8 Å². The van der Waals surface area contributed by atoms with Gasteiger partial charge in [-0.1, -0.05) is 0 Å². The number of nitrogens with two attached hydrogens (primary N) is 2. The summed E-state index contributed by atoms with van der Waals surface area (Å²) < 4.78 is 7.80. The van der Waals surface area contributed by atoms with Crippen molar-refractivity contribution in [1.29, 1.82) is 0 Å². The number of rotatable bonds is 3. The molecule has 4 heterocycles. The zero-order valence-electron chi connectivity index (χ0n) is 14.3. The zero-order valence-corrected chi connectivity index (χ0v) is 14.3. The maximum absolute atomic E-state index is 5.82. The van der Waals surface area contributed by atoms with E-state index in [1.165, 1.54) is 6.42 Å². The van der Waals surface area contributed by atoms with Gasteiger partial charge in [-0.05, 0) is 44.0 Å². The van der Waals surface area contributed by atoms with E-state index in [4.69, 9.17) is 21.2 Å². The molecule has 130 valence electrons. The van der Waals surface area contributed by atoms with Gasteiger partial charge in [-0.2, -0.15) is 0 Å². The average Bonchev–Trinajstić information content (AvgIpc) is 2.90. The molecule has 0 saturated carbocycles. The molecular formula is C18H22N6O. The van der Waals surface area contributed by atoms with Crippen LogP contribution >= 0.6 is 0 Å². The Balaban J connectivity index is 1.74. The summed E-state index contributed by atoms with van der Waals surface area (Å²) in [5.41, 5.74) is 15.1. The molecule has 25 heavy (non-hydrogen) atoms. The van der Waals surface area contributed by atoms with Crippen LogP contribution in [0.4, 0.5) is 11.6 Å². The van der Waals surface area contributed by atoms with Gasteiger partial charge in [-0.15, -0.1) is 0 Å². The van der Waals surface area contributed by atoms with Crippen LogP contribution < -0.4 is 11.5 Å². The summed E-state index contributed by atoms with van der Waals surface area (Å²) in [6.45, 7) is 4.57. The number of imidazole rings is 1. The second kappa shape index (κ2) is 6.33. The normalized spacial score (nSPS) is 17.9. The van der Waals surface area contributed by atoms with Crippen LogP contribution in [0.5, 0.6) is 0 Å². The van der Waals surface area contributed by atoms with Crippen molar-refractivity contribution < 1.29 is 4.74 Å². The molecule has 4 N–H and O–H groups in total. The first kappa shape index (κ1) is 15.8. The number of aromatic nitrogens is 4. The van der Waals surface area contributed by atoms with Crippen molar-refractivity contribution in [3.05, 3.63) is 30.1 Å². The largest absolute Gasteiger partial charge is 0.384 e. The molecule has 0 radical (unpaired) electrons. The Morgan fingerprint density at radius 2 is 1.96 bits per heavy atom. The Morgan fingerprint density at radius 3 is 2.68 bits per heavy atom. The first-order valence-electron chi connectivity index (χ1n) is 8.55. The molecule has 1 aliphatic rings. The van der Waals surface area contributed by atoms with E-state index >= 15 is 0 Å². The molecule has 7 nitrogen and oxygen atoms in total. The van der Waals surface area contributed by atoms with E-state index in [1.807, 2.05) is 19.1 Å². The van der Waals surface area contributed by atoms with Gasteiger partial charge in [-0.25, -0.2) is 15.0 Å². The van der Waals surface area contributed by atoms with E-state index in [0.717, 1.165) is 54.4 Å². The molecule has 3 aromatic rings. The van der Waals surface area contributed by atoms with Crippen LogP contribution in [0.15, 0.2) is 24.3 Å². The van der Waals surface area contributed by atoms with Crippen molar-refractivity contribution in [2.24, 2.45) is 5.92 Å². The summed E-state index contributed by atoms with van der Waals surface area (Å²) in [4.78, 5) is 13.5. The molecule has 1 atom stereocenters. The lowest BCUT2D eigenvalue weighted by atomic mass is 10.0. The SMILES string of the molecule is Cc1nc2ccc(-c3cc(N)nc(N)c3)nc2n1CC1CCCOC1. The lowest BCUT2D eigenvalue weighted by Crippen LogP contribution is -2.22. The van der Waals surface area contributed by atoms with Crippen LogP contribution in [0.3, 0.4) is 0 Å². The number of fused-ring (bicyclic) bond motifs is 1. The van der Waals surface area contributed by atoms with E-state index in [1.54, 1.807) is 12.1 Å². The molecule has 0 aliphatic carbocycles. The van der Waals surface area contributed by atoms with Gasteiger partial charge in [0.25, 0.3) is 0 Å². The number of anilines is 2. The van der Waals surface area contributed by atoms with Crippen molar-refractivity contribution in [1.82, 2.24) is 19.5 Å². The van der Waals surface area contributed by atoms with Gasteiger partial charge in [0.05, 0.1) is 12.3 Å². The van der Waals surface area contributed by atoms with E-state index < -0.39 is 0 Å². The number of pyridine rings is 2. The second-order valence-electron chi connectivity index (χ2n) is 6.60. The number of ether oxygens (including phenoxy) is 1. The second-order valence-corrected chi connectivity index (χ2v) is 6.60. The Hall–Kier alpha value is -2.67. The van der Waals surface area contributed by atoms with Crippen LogP contribution in [0.1, 0.15) is 18.7 Å². The fourth-order valence-corrected chi connectivity index (χ4v) is 3.43. The Bertz CT molecular complexity index is 893. The van der Waals surface area contributed by atoms with Gasteiger partial charge in [0.15, 0.2) is 5.65 Å². The molecule has 0 amide bonds. The fraction of sp³-hybridized carbons (Fsp3) is 0.389.